The fourth-order valence-corrected chi connectivity index (χ4v) is 3.59. The van der Waals surface area contributed by atoms with Gasteiger partial charge in [-0.15, -0.1) is 0 Å². The summed E-state index contributed by atoms with van der Waals surface area (Å²) < 4.78 is 0. The van der Waals surface area contributed by atoms with Crippen LogP contribution in [-0.4, -0.2) is 23.0 Å². The fraction of sp³-hybridized carbons (Fsp3) is 0.111. The summed E-state index contributed by atoms with van der Waals surface area (Å²) in [5.74, 6) is -1.46. The summed E-state index contributed by atoms with van der Waals surface area (Å²) in [6, 6.07) is 29.8. The number of carboxylic acid groups (broad SMARTS) is 1. The minimum absolute atomic E-state index is 0.228. The summed E-state index contributed by atoms with van der Waals surface area (Å²) in [7, 11) is 0. The van der Waals surface area contributed by atoms with E-state index in [0.29, 0.717) is 5.56 Å². The Bertz CT molecular complexity index is 1220. The molecule has 32 heavy (non-hydrogen) atoms. The normalized spacial score (nSPS) is 11.6. The number of amides is 1. The lowest BCUT2D eigenvalue weighted by Crippen LogP contribution is -2.42. The zero-order valence-corrected chi connectivity index (χ0v) is 17.5. The third-order valence-electron chi connectivity index (χ3n) is 5.33. The van der Waals surface area contributed by atoms with Gasteiger partial charge < -0.3 is 15.7 Å². The maximum absolute atomic E-state index is 12.7. The molecular weight excluding hydrogens is 400 g/mol. The molecule has 0 bridgehead atoms. The largest absolute Gasteiger partial charge is 0.480 e. The molecule has 4 aromatic rings. The average Bonchev–Trinajstić information content (AvgIpc) is 2.83. The van der Waals surface area contributed by atoms with Crippen molar-refractivity contribution in [1.82, 2.24) is 5.32 Å². The Balaban J connectivity index is 1.45. The van der Waals surface area contributed by atoms with Crippen LogP contribution in [0, 0.1) is 0 Å². The lowest BCUT2D eigenvalue weighted by molar-refractivity contribution is -0.139. The van der Waals surface area contributed by atoms with Gasteiger partial charge in [0.05, 0.1) is 0 Å². The minimum Gasteiger partial charge on any atom is -0.480 e. The number of rotatable bonds is 8. The molecule has 3 N–H and O–H groups in total. The summed E-state index contributed by atoms with van der Waals surface area (Å²) in [4.78, 5) is 24.4. The van der Waals surface area contributed by atoms with Crippen LogP contribution in [0.4, 0.5) is 5.69 Å². The van der Waals surface area contributed by atoms with Gasteiger partial charge in [0.1, 0.15) is 6.04 Å². The second-order valence-corrected chi connectivity index (χ2v) is 7.67. The molecule has 0 aliphatic rings. The molecule has 0 aromatic heterocycles. The molecule has 4 aromatic carbocycles. The molecule has 0 saturated heterocycles. The van der Waals surface area contributed by atoms with Crippen LogP contribution in [0.15, 0.2) is 97.1 Å². The Labute approximate surface area is 186 Å². The Morgan fingerprint density at radius 1 is 0.750 bits per heavy atom. The number of carboxylic acids is 1. The molecule has 0 aliphatic heterocycles. The Kier molecular flexibility index (Phi) is 6.46. The van der Waals surface area contributed by atoms with Crippen LogP contribution in [0.2, 0.25) is 0 Å². The summed E-state index contributed by atoms with van der Waals surface area (Å²) in [5, 5.41) is 17.5. The van der Waals surface area contributed by atoms with Crippen molar-refractivity contribution in [3.05, 3.63) is 114 Å². The van der Waals surface area contributed by atoms with Crippen molar-refractivity contribution in [3.8, 4) is 0 Å². The number of fused-ring (bicyclic) bond motifs is 1. The van der Waals surface area contributed by atoms with Crippen LogP contribution >= 0.6 is 0 Å². The van der Waals surface area contributed by atoms with Crippen LogP contribution in [0.1, 0.15) is 21.5 Å². The van der Waals surface area contributed by atoms with Gasteiger partial charge in [0, 0.05) is 24.2 Å². The summed E-state index contributed by atoms with van der Waals surface area (Å²) >= 11 is 0. The molecule has 5 nitrogen and oxygen atoms in total. The van der Waals surface area contributed by atoms with E-state index in [1.54, 1.807) is 12.1 Å². The number of nitrogens with one attached hydrogen (secondary N) is 2. The van der Waals surface area contributed by atoms with E-state index in [4.69, 9.17) is 0 Å². The minimum atomic E-state index is -1.06. The monoisotopic (exact) mass is 424 g/mol. The number of benzene rings is 4. The zero-order valence-electron chi connectivity index (χ0n) is 17.5. The van der Waals surface area contributed by atoms with E-state index in [1.165, 1.54) is 5.56 Å². The molecule has 0 fully saturated rings. The predicted molar refractivity (Wildman–Crippen MR) is 127 cm³/mol. The van der Waals surface area contributed by atoms with Crippen LogP contribution in [0.25, 0.3) is 10.8 Å². The Morgan fingerprint density at radius 2 is 1.38 bits per heavy atom. The standard InChI is InChI=1S/C27H24N2O3/c30-26(29-25(27(31)32)15-19-7-3-1-4-8-19)23-12-11-22-17-24(14-13-21(22)16-23)28-18-20-9-5-2-6-10-20/h1-14,16-17,25,28H,15,18H2,(H,29,30)(H,31,32). The molecule has 0 heterocycles. The highest BCUT2D eigenvalue weighted by atomic mass is 16.4. The van der Waals surface area contributed by atoms with E-state index in [2.05, 4.69) is 22.8 Å². The quantitative estimate of drug-likeness (QED) is 0.377. The van der Waals surface area contributed by atoms with Gasteiger partial charge >= 0.3 is 5.97 Å². The molecule has 0 spiro atoms. The number of anilines is 1. The lowest BCUT2D eigenvalue weighted by atomic mass is 10.0. The fourth-order valence-electron chi connectivity index (χ4n) is 3.59. The van der Waals surface area contributed by atoms with Crippen molar-refractivity contribution < 1.29 is 14.7 Å². The van der Waals surface area contributed by atoms with Crippen molar-refractivity contribution in [3.63, 3.8) is 0 Å². The smallest absolute Gasteiger partial charge is 0.326 e. The van der Waals surface area contributed by atoms with Gasteiger partial charge in [-0.1, -0.05) is 72.8 Å². The molecule has 1 amide bonds. The van der Waals surface area contributed by atoms with E-state index in [1.807, 2.05) is 72.8 Å². The number of aliphatic carboxylic acids is 1. The molecule has 160 valence electrons. The molecular formula is C27H24N2O3. The average molecular weight is 425 g/mol. The first-order valence-electron chi connectivity index (χ1n) is 10.5. The first-order chi connectivity index (χ1) is 15.6. The highest BCUT2D eigenvalue weighted by Crippen LogP contribution is 2.21. The maximum Gasteiger partial charge on any atom is 0.326 e. The third kappa shape index (κ3) is 5.32. The summed E-state index contributed by atoms with van der Waals surface area (Å²) in [6.07, 6.45) is 0.228. The van der Waals surface area contributed by atoms with E-state index in [9.17, 15) is 14.7 Å². The first-order valence-corrected chi connectivity index (χ1v) is 10.5. The van der Waals surface area contributed by atoms with Gasteiger partial charge in [0.25, 0.3) is 5.91 Å². The second kappa shape index (κ2) is 9.79. The number of hydrogen-bond acceptors (Lipinski definition) is 3. The molecule has 1 atom stereocenters. The van der Waals surface area contributed by atoms with Crippen molar-refractivity contribution in [2.75, 3.05) is 5.32 Å². The number of carbonyl (C=O) groups is 2. The van der Waals surface area contributed by atoms with Gasteiger partial charge in [-0.3, -0.25) is 4.79 Å². The van der Waals surface area contributed by atoms with Crippen LogP contribution in [-0.2, 0) is 17.8 Å². The predicted octanol–water partition coefficient (Wildman–Crippen LogP) is 4.88. The highest BCUT2D eigenvalue weighted by molar-refractivity contribution is 6.00. The van der Waals surface area contributed by atoms with Crippen LogP contribution in [0.5, 0.6) is 0 Å². The van der Waals surface area contributed by atoms with Gasteiger partial charge in [-0.2, -0.15) is 0 Å². The van der Waals surface area contributed by atoms with Gasteiger partial charge in [0.2, 0.25) is 0 Å². The molecule has 0 aliphatic carbocycles. The second-order valence-electron chi connectivity index (χ2n) is 7.67. The van der Waals surface area contributed by atoms with Gasteiger partial charge in [-0.05, 0) is 46.2 Å². The third-order valence-corrected chi connectivity index (χ3v) is 5.33. The van der Waals surface area contributed by atoms with Gasteiger partial charge in [0.15, 0.2) is 0 Å². The molecule has 0 saturated carbocycles. The van der Waals surface area contributed by atoms with Crippen LogP contribution in [0.3, 0.4) is 0 Å². The Morgan fingerprint density at radius 3 is 2.06 bits per heavy atom. The molecule has 5 heteroatoms. The van der Waals surface area contributed by atoms with E-state index < -0.39 is 17.9 Å². The number of hydrogen-bond donors (Lipinski definition) is 3. The maximum atomic E-state index is 12.7. The Hall–Kier alpha value is -4.12. The van der Waals surface area contributed by atoms with E-state index in [0.717, 1.165) is 28.6 Å². The molecule has 0 radical (unpaired) electrons. The molecule has 4 rings (SSSR count). The summed E-state index contributed by atoms with van der Waals surface area (Å²) in [6.45, 7) is 0.727. The van der Waals surface area contributed by atoms with Crippen molar-refractivity contribution >= 4 is 28.3 Å². The topological polar surface area (TPSA) is 78.4 Å². The van der Waals surface area contributed by atoms with E-state index >= 15 is 0 Å². The summed E-state index contributed by atoms with van der Waals surface area (Å²) in [5.41, 5.74) is 3.48. The van der Waals surface area contributed by atoms with E-state index in [-0.39, 0.29) is 6.42 Å². The van der Waals surface area contributed by atoms with Crippen LogP contribution < -0.4 is 10.6 Å². The van der Waals surface area contributed by atoms with Gasteiger partial charge in [-0.25, -0.2) is 4.79 Å². The highest BCUT2D eigenvalue weighted by Gasteiger charge is 2.21. The zero-order chi connectivity index (χ0) is 22.3. The SMILES string of the molecule is O=C(NC(Cc1ccccc1)C(=O)O)c1ccc2cc(NCc3ccccc3)ccc2c1. The van der Waals surface area contributed by atoms with Crippen molar-refractivity contribution in [2.45, 2.75) is 19.0 Å². The van der Waals surface area contributed by atoms with Crippen molar-refractivity contribution in [1.29, 1.82) is 0 Å². The number of carbonyl (C=O) groups excluding carboxylic acids is 1. The van der Waals surface area contributed by atoms with Crippen molar-refractivity contribution in [2.24, 2.45) is 0 Å². The first kappa shape index (κ1) is 21.1. The molecule has 1 unspecified atom stereocenters. The lowest BCUT2D eigenvalue weighted by Gasteiger charge is -2.15.